The molecule has 1 fully saturated rings. The van der Waals surface area contributed by atoms with Gasteiger partial charge in [-0.15, -0.1) is 0 Å². The topological polar surface area (TPSA) is 55.1 Å². The SMILES string of the molecule is CCC(NC(=O)C1CCCC1CN)C(C)C. The van der Waals surface area contributed by atoms with E-state index in [1.807, 2.05) is 0 Å². The molecule has 0 aromatic heterocycles. The van der Waals surface area contributed by atoms with Crippen molar-refractivity contribution < 1.29 is 4.79 Å². The van der Waals surface area contributed by atoms with E-state index >= 15 is 0 Å². The number of hydrogen-bond acceptors (Lipinski definition) is 2. The van der Waals surface area contributed by atoms with E-state index in [1.165, 1.54) is 0 Å². The normalized spacial score (nSPS) is 27.1. The van der Waals surface area contributed by atoms with Crippen molar-refractivity contribution in [3.8, 4) is 0 Å². The van der Waals surface area contributed by atoms with Crippen LogP contribution >= 0.6 is 0 Å². The van der Waals surface area contributed by atoms with Crippen LogP contribution in [0.3, 0.4) is 0 Å². The smallest absolute Gasteiger partial charge is 0.223 e. The fraction of sp³-hybridized carbons (Fsp3) is 0.923. The number of carbonyl (C=O) groups is 1. The van der Waals surface area contributed by atoms with Crippen LogP contribution in [0.4, 0.5) is 0 Å². The number of nitrogens with two attached hydrogens (primary N) is 1. The molecule has 1 saturated carbocycles. The van der Waals surface area contributed by atoms with Gasteiger partial charge in [-0.2, -0.15) is 0 Å². The molecule has 0 aliphatic heterocycles. The Morgan fingerprint density at radius 1 is 1.44 bits per heavy atom. The van der Waals surface area contributed by atoms with Crippen LogP contribution < -0.4 is 11.1 Å². The lowest BCUT2D eigenvalue weighted by Crippen LogP contribution is -2.43. The highest BCUT2D eigenvalue weighted by Gasteiger charge is 2.32. The van der Waals surface area contributed by atoms with E-state index in [1.54, 1.807) is 0 Å². The molecule has 3 nitrogen and oxygen atoms in total. The van der Waals surface area contributed by atoms with Crippen LogP contribution in [0, 0.1) is 17.8 Å². The third-order valence-corrected chi connectivity index (χ3v) is 3.87. The van der Waals surface area contributed by atoms with Crippen molar-refractivity contribution in [3.05, 3.63) is 0 Å². The van der Waals surface area contributed by atoms with E-state index in [0.717, 1.165) is 25.7 Å². The van der Waals surface area contributed by atoms with E-state index < -0.39 is 0 Å². The first-order valence-corrected chi connectivity index (χ1v) is 6.60. The fourth-order valence-corrected chi connectivity index (χ4v) is 2.69. The first kappa shape index (κ1) is 13.5. The lowest BCUT2D eigenvalue weighted by Gasteiger charge is -2.24. The van der Waals surface area contributed by atoms with Crippen LogP contribution in [-0.4, -0.2) is 18.5 Å². The van der Waals surface area contributed by atoms with E-state index in [2.05, 4.69) is 26.1 Å². The van der Waals surface area contributed by atoms with E-state index in [-0.39, 0.29) is 11.8 Å². The second-order valence-corrected chi connectivity index (χ2v) is 5.30. The minimum Gasteiger partial charge on any atom is -0.353 e. The molecule has 3 atom stereocenters. The lowest BCUT2D eigenvalue weighted by molar-refractivity contribution is -0.127. The molecule has 0 bridgehead atoms. The summed E-state index contributed by atoms with van der Waals surface area (Å²) in [6.07, 6.45) is 4.29. The number of hydrogen-bond donors (Lipinski definition) is 2. The number of amides is 1. The Kier molecular flexibility index (Phi) is 5.26. The lowest BCUT2D eigenvalue weighted by atomic mass is 9.93. The highest BCUT2D eigenvalue weighted by molar-refractivity contribution is 5.79. The maximum atomic E-state index is 12.1. The van der Waals surface area contributed by atoms with Gasteiger partial charge in [-0.25, -0.2) is 0 Å². The zero-order chi connectivity index (χ0) is 12.1. The van der Waals surface area contributed by atoms with E-state index in [9.17, 15) is 4.79 Å². The van der Waals surface area contributed by atoms with Gasteiger partial charge in [-0.3, -0.25) is 4.79 Å². The van der Waals surface area contributed by atoms with Crippen LogP contribution in [0.5, 0.6) is 0 Å². The maximum absolute atomic E-state index is 12.1. The second kappa shape index (κ2) is 6.24. The average molecular weight is 226 g/mol. The quantitative estimate of drug-likeness (QED) is 0.752. The summed E-state index contributed by atoms with van der Waals surface area (Å²) in [6, 6.07) is 0.312. The molecule has 3 heteroatoms. The van der Waals surface area contributed by atoms with Crippen molar-refractivity contribution in [2.75, 3.05) is 6.54 Å². The molecule has 16 heavy (non-hydrogen) atoms. The van der Waals surface area contributed by atoms with Gasteiger partial charge in [0.1, 0.15) is 0 Å². The van der Waals surface area contributed by atoms with Crippen LogP contribution in [0.1, 0.15) is 46.5 Å². The molecule has 1 amide bonds. The van der Waals surface area contributed by atoms with Crippen molar-refractivity contribution in [3.63, 3.8) is 0 Å². The molecule has 0 aromatic carbocycles. The van der Waals surface area contributed by atoms with Gasteiger partial charge in [0.2, 0.25) is 5.91 Å². The summed E-state index contributed by atoms with van der Waals surface area (Å²) < 4.78 is 0. The molecule has 94 valence electrons. The zero-order valence-electron chi connectivity index (χ0n) is 10.8. The average Bonchev–Trinajstić information content (AvgIpc) is 2.72. The summed E-state index contributed by atoms with van der Waals surface area (Å²) in [5.41, 5.74) is 5.71. The molecule has 0 radical (unpaired) electrons. The molecule has 3 N–H and O–H groups in total. The molecule has 1 aliphatic carbocycles. The van der Waals surface area contributed by atoms with Crippen molar-refractivity contribution in [1.82, 2.24) is 5.32 Å². The van der Waals surface area contributed by atoms with Crippen LogP contribution in [0.25, 0.3) is 0 Å². The Labute approximate surface area is 99.2 Å². The third kappa shape index (κ3) is 3.21. The van der Waals surface area contributed by atoms with Crippen LogP contribution in [0.2, 0.25) is 0 Å². The largest absolute Gasteiger partial charge is 0.353 e. The summed E-state index contributed by atoms with van der Waals surface area (Å²) in [4.78, 5) is 12.1. The van der Waals surface area contributed by atoms with Gasteiger partial charge < -0.3 is 11.1 Å². The Morgan fingerprint density at radius 2 is 2.12 bits per heavy atom. The van der Waals surface area contributed by atoms with Crippen molar-refractivity contribution in [2.24, 2.45) is 23.5 Å². The molecular formula is C13H26N2O. The first-order chi connectivity index (χ1) is 7.60. The van der Waals surface area contributed by atoms with Crippen molar-refractivity contribution >= 4 is 5.91 Å². The molecule has 1 rings (SSSR count). The van der Waals surface area contributed by atoms with Gasteiger partial charge in [0.15, 0.2) is 0 Å². The third-order valence-electron chi connectivity index (χ3n) is 3.87. The van der Waals surface area contributed by atoms with Gasteiger partial charge in [0.05, 0.1) is 0 Å². The van der Waals surface area contributed by atoms with Crippen LogP contribution in [-0.2, 0) is 4.79 Å². The summed E-state index contributed by atoms with van der Waals surface area (Å²) in [7, 11) is 0. The predicted molar refractivity (Wildman–Crippen MR) is 66.9 cm³/mol. The Bertz CT molecular complexity index is 228. The van der Waals surface area contributed by atoms with Gasteiger partial charge in [0.25, 0.3) is 0 Å². The fourth-order valence-electron chi connectivity index (χ4n) is 2.69. The first-order valence-electron chi connectivity index (χ1n) is 6.60. The maximum Gasteiger partial charge on any atom is 0.223 e. The number of carbonyl (C=O) groups excluding carboxylic acids is 1. The summed E-state index contributed by atoms with van der Waals surface area (Å²) >= 11 is 0. The number of nitrogens with one attached hydrogen (secondary N) is 1. The zero-order valence-corrected chi connectivity index (χ0v) is 10.8. The molecule has 0 spiro atoms. The second-order valence-electron chi connectivity index (χ2n) is 5.30. The van der Waals surface area contributed by atoms with E-state index in [0.29, 0.717) is 24.4 Å². The minimum atomic E-state index is 0.165. The van der Waals surface area contributed by atoms with E-state index in [4.69, 9.17) is 5.73 Å². The van der Waals surface area contributed by atoms with Gasteiger partial charge in [0, 0.05) is 12.0 Å². The highest BCUT2D eigenvalue weighted by Crippen LogP contribution is 2.31. The Hall–Kier alpha value is -0.570. The summed E-state index contributed by atoms with van der Waals surface area (Å²) in [6.45, 7) is 7.09. The van der Waals surface area contributed by atoms with Crippen LogP contribution in [0.15, 0.2) is 0 Å². The number of rotatable bonds is 5. The molecule has 0 heterocycles. The van der Waals surface area contributed by atoms with Gasteiger partial charge in [-0.1, -0.05) is 27.2 Å². The highest BCUT2D eigenvalue weighted by atomic mass is 16.2. The molecule has 0 aromatic rings. The standard InChI is InChI=1S/C13H26N2O/c1-4-12(9(2)3)15-13(16)11-7-5-6-10(11)8-14/h9-12H,4-8,14H2,1-3H3,(H,15,16). The minimum absolute atomic E-state index is 0.165. The van der Waals surface area contributed by atoms with Crippen molar-refractivity contribution in [1.29, 1.82) is 0 Å². The van der Waals surface area contributed by atoms with Gasteiger partial charge in [-0.05, 0) is 37.6 Å². The summed E-state index contributed by atoms with van der Waals surface area (Å²) in [5, 5.41) is 3.18. The monoisotopic (exact) mass is 226 g/mol. The molecule has 0 saturated heterocycles. The molecule has 3 unspecified atom stereocenters. The summed E-state index contributed by atoms with van der Waals surface area (Å²) in [5.74, 6) is 1.31. The molecular weight excluding hydrogens is 200 g/mol. The predicted octanol–water partition coefficient (Wildman–Crippen LogP) is 1.91. The molecule has 1 aliphatic rings. The Morgan fingerprint density at radius 3 is 2.62 bits per heavy atom. The Balaban J connectivity index is 2.50. The van der Waals surface area contributed by atoms with Crippen molar-refractivity contribution in [2.45, 2.75) is 52.5 Å². The van der Waals surface area contributed by atoms with Gasteiger partial charge >= 0.3 is 0 Å².